The lowest BCUT2D eigenvalue weighted by Crippen LogP contribution is -1.71. The van der Waals surface area contributed by atoms with Gasteiger partial charge in [0.2, 0.25) is 0 Å². The van der Waals surface area contributed by atoms with Crippen molar-refractivity contribution in [3.8, 4) is 0 Å². The molecule has 13 heavy (non-hydrogen) atoms. The van der Waals surface area contributed by atoms with Crippen LogP contribution in [0.4, 0.5) is 0 Å². The predicted molar refractivity (Wildman–Crippen MR) is 68.3 cm³/mol. The first kappa shape index (κ1) is 23.0. The van der Waals surface area contributed by atoms with Crippen molar-refractivity contribution in [3.05, 3.63) is 12.7 Å². The number of hydrogen-bond acceptors (Lipinski definition) is 0. The zero-order valence-corrected chi connectivity index (χ0v) is 11.3. The van der Waals surface area contributed by atoms with Crippen molar-refractivity contribution < 1.29 is 0 Å². The standard InChI is InChI=1S/C5H10.C4H10.2C2H6/c1-4-5(2)3;1-3-4-2;2*1-2/h4-5H,1H2,2-3H3;3-4H2,1-2H3;2*1-2H3. The minimum absolute atomic E-state index is 0.648. The van der Waals surface area contributed by atoms with Gasteiger partial charge >= 0.3 is 0 Å². The van der Waals surface area contributed by atoms with E-state index in [1.807, 2.05) is 33.8 Å². The highest BCUT2D eigenvalue weighted by Crippen LogP contribution is 1.87. The first-order valence-corrected chi connectivity index (χ1v) is 5.81. The van der Waals surface area contributed by atoms with Gasteiger partial charge in [0, 0.05) is 0 Å². The molecule has 0 amide bonds. The number of allylic oxidation sites excluding steroid dienone is 1. The molecule has 0 bridgehead atoms. The van der Waals surface area contributed by atoms with Crippen LogP contribution in [0.15, 0.2) is 12.7 Å². The number of hydrogen-bond donors (Lipinski definition) is 0. The van der Waals surface area contributed by atoms with E-state index in [1.54, 1.807) is 0 Å². The van der Waals surface area contributed by atoms with Crippen molar-refractivity contribution in [2.75, 3.05) is 0 Å². The molecule has 0 spiro atoms. The summed E-state index contributed by atoms with van der Waals surface area (Å²) in [5.41, 5.74) is 0. The third-order valence-corrected chi connectivity index (χ3v) is 0.971. The maximum atomic E-state index is 3.56. The van der Waals surface area contributed by atoms with E-state index in [-0.39, 0.29) is 0 Å². The minimum atomic E-state index is 0.648. The van der Waals surface area contributed by atoms with E-state index in [4.69, 9.17) is 0 Å². The third kappa shape index (κ3) is 148. The molecule has 0 unspecified atom stereocenters. The Hall–Kier alpha value is -0.260. The minimum Gasteiger partial charge on any atom is -0.103 e. The molecule has 0 aliphatic rings. The summed E-state index contributed by atoms with van der Waals surface area (Å²) in [6, 6.07) is 0. The van der Waals surface area contributed by atoms with E-state index in [0.29, 0.717) is 5.92 Å². The molecule has 0 nitrogen and oxygen atoms in total. The summed E-state index contributed by atoms with van der Waals surface area (Å²) in [4.78, 5) is 0. The molecule has 0 heteroatoms. The topological polar surface area (TPSA) is 0 Å². The highest BCUT2D eigenvalue weighted by atomic mass is 13.8. The van der Waals surface area contributed by atoms with Crippen LogP contribution in [-0.4, -0.2) is 0 Å². The first-order valence-electron chi connectivity index (χ1n) is 5.81. The smallest absolute Gasteiger partial charge is 0.0293 e. The Kier molecular flexibility index (Phi) is 72.7. The summed E-state index contributed by atoms with van der Waals surface area (Å²) in [6.45, 7) is 20.1. The zero-order valence-electron chi connectivity index (χ0n) is 11.3. The Bertz CT molecular complexity index is 42.0. The Morgan fingerprint density at radius 2 is 1.08 bits per heavy atom. The molecule has 0 N–H and O–H groups in total. The molecular weight excluding hydrogens is 156 g/mol. The van der Waals surface area contributed by atoms with Crippen LogP contribution in [0.25, 0.3) is 0 Å². The van der Waals surface area contributed by atoms with E-state index in [0.717, 1.165) is 0 Å². The SMILES string of the molecule is C=CC(C)C.CC.CC.CCCC. The second-order valence-corrected chi connectivity index (χ2v) is 2.48. The van der Waals surface area contributed by atoms with Gasteiger partial charge in [0.1, 0.15) is 0 Å². The molecular formula is C13H32. The monoisotopic (exact) mass is 188 g/mol. The summed E-state index contributed by atoms with van der Waals surface area (Å²) >= 11 is 0. The fraction of sp³-hybridized carbons (Fsp3) is 0.846. The summed E-state index contributed by atoms with van der Waals surface area (Å²) < 4.78 is 0. The van der Waals surface area contributed by atoms with E-state index >= 15 is 0 Å². The lowest BCUT2D eigenvalue weighted by Gasteiger charge is -1.84. The molecule has 0 saturated heterocycles. The van der Waals surface area contributed by atoms with Crippen LogP contribution in [0, 0.1) is 5.92 Å². The van der Waals surface area contributed by atoms with Crippen molar-refractivity contribution in [3.63, 3.8) is 0 Å². The first-order chi connectivity index (χ1) is 6.18. The van der Waals surface area contributed by atoms with Crippen molar-refractivity contribution >= 4 is 0 Å². The zero-order chi connectivity index (χ0) is 11.7. The molecule has 0 atom stereocenters. The van der Waals surface area contributed by atoms with Crippen molar-refractivity contribution in [1.82, 2.24) is 0 Å². The van der Waals surface area contributed by atoms with Gasteiger partial charge in [0.05, 0.1) is 0 Å². The molecule has 0 aliphatic heterocycles. The molecule has 0 rings (SSSR count). The van der Waals surface area contributed by atoms with Gasteiger partial charge in [0.15, 0.2) is 0 Å². The van der Waals surface area contributed by atoms with Gasteiger partial charge in [-0.05, 0) is 5.92 Å². The average Bonchev–Trinajstić information content (AvgIpc) is 2.24. The van der Waals surface area contributed by atoms with Crippen LogP contribution in [0.1, 0.15) is 68.2 Å². The van der Waals surface area contributed by atoms with Crippen LogP contribution >= 0.6 is 0 Å². The summed E-state index contributed by atoms with van der Waals surface area (Å²) in [6.07, 6.45) is 4.56. The van der Waals surface area contributed by atoms with Crippen molar-refractivity contribution in [2.24, 2.45) is 5.92 Å². The Labute approximate surface area is 87.4 Å². The van der Waals surface area contributed by atoms with Crippen molar-refractivity contribution in [1.29, 1.82) is 0 Å². The summed E-state index contributed by atoms with van der Waals surface area (Å²) in [5, 5.41) is 0. The van der Waals surface area contributed by atoms with Crippen LogP contribution in [-0.2, 0) is 0 Å². The molecule has 0 aliphatic carbocycles. The second kappa shape index (κ2) is 41.1. The Morgan fingerprint density at radius 1 is 0.923 bits per heavy atom. The molecule has 0 heterocycles. The Morgan fingerprint density at radius 3 is 1.08 bits per heavy atom. The van der Waals surface area contributed by atoms with Crippen molar-refractivity contribution in [2.45, 2.75) is 68.2 Å². The summed E-state index contributed by atoms with van der Waals surface area (Å²) in [7, 11) is 0. The number of rotatable bonds is 2. The average molecular weight is 188 g/mol. The van der Waals surface area contributed by atoms with Gasteiger partial charge < -0.3 is 0 Å². The quantitative estimate of drug-likeness (QED) is 0.488. The van der Waals surface area contributed by atoms with Gasteiger partial charge in [0.25, 0.3) is 0 Å². The van der Waals surface area contributed by atoms with E-state index in [9.17, 15) is 0 Å². The van der Waals surface area contributed by atoms with E-state index < -0.39 is 0 Å². The maximum absolute atomic E-state index is 3.56. The summed E-state index contributed by atoms with van der Waals surface area (Å²) in [5.74, 6) is 0.648. The van der Waals surface area contributed by atoms with Gasteiger partial charge in [-0.15, -0.1) is 6.58 Å². The van der Waals surface area contributed by atoms with Gasteiger partial charge in [-0.3, -0.25) is 0 Å². The fourth-order valence-electron chi connectivity index (χ4n) is 0. The molecule has 0 radical (unpaired) electrons. The predicted octanol–water partition coefficient (Wildman–Crippen LogP) is 5.69. The molecule has 0 saturated carbocycles. The lowest BCUT2D eigenvalue weighted by atomic mass is 10.2. The van der Waals surface area contributed by atoms with Gasteiger partial charge in [-0.25, -0.2) is 0 Å². The van der Waals surface area contributed by atoms with Gasteiger partial charge in [-0.2, -0.15) is 0 Å². The lowest BCUT2D eigenvalue weighted by molar-refractivity contribution is 0.835. The highest BCUT2D eigenvalue weighted by Gasteiger charge is 1.73. The number of unbranched alkanes of at least 4 members (excludes halogenated alkanes) is 1. The largest absolute Gasteiger partial charge is 0.103 e. The Balaban J connectivity index is -0.0000000457. The van der Waals surface area contributed by atoms with E-state index in [2.05, 4.69) is 34.3 Å². The molecule has 84 valence electrons. The molecule has 0 aromatic carbocycles. The van der Waals surface area contributed by atoms with Crippen LogP contribution in [0.5, 0.6) is 0 Å². The molecule has 0 aromatic heterocycles. The van der Waals surface area contributed by atoms with Gasteiger partial charge in [-0.1, -0.05) is 74.3 Å². The maximum Gasteiger partial charge on any atom is -0.0293 e. The van der Waals surface area contributed by atoms with Crippen LogP contribution < -0.4 is 0 Å². The molecule has 0 aromatic rings. The third-order valence-electron chi connectivity index (χ3n) is 0.971. The van der Waals surface area contributed by atoms with E-state index in [1.165, 1.54) is 12.8 Å². The fourth-order valence-corrected chi connectivity index (χ4v) is 0. The normalized spacial score (nSPS) is 6.54. The molecule has 0 fully saturated rings. The highest BCUT2D eigenvalue weighted by molar-refractivity contribution is 4.69. The second-order valence-electron chi connectivity index (χ2n) is 2.48. The van der Waals surface area contributed by atoms with Crippen LogP contribution in [0.2, 0.25) is 0 Å². The van der Waals surface area contributed by atoms with Crippen LogP contribution in [0.3, 0.4) is 0 Å².